The predicted octanol–water partition coefficient (Wildman–Crippen LogP) is 2.55. The van der Waals surface area contributed by atoms with Gasteiger partial charge in [-0.25, -0.2) is 4.79 Å². The Balaban J connectivity index is 1.04. The molecule has 1 saturated carbocycles. The summed E-state index contributed by atoms with van der Waals surface area (Å²) in [6.45, 7) is 5.42. The Labute approximate surface area is 178 Å². The number of carbonyl (C=O) groups is 2. The van der Waals surface area contributed by atoms with E-state index in [4.69, 9.17) is 4.74 Å². The minimum Gasteiger partial charge on any atom is -0.381 e. The molecule has 1 aromatic heterocycles. The smallest absolute Gasteiger partial charge is 0.318 e. The predicted molar refractivity (Wildman–Crippen MR) is 111 cm³/mol. The molecule has 162 valence electrons. The van der Waals surface area contributed by atoms with Crippen LogP contribution >= 0.6 is 0 Å². The van der Waals surface area contributed by atoms with E-state index in [1.807, 2.05) is 17.2 Å². The highest BCUT2D eigenvalue weighted by atomic mass is 16.5. The lowest BCUT2D eigenvalue weighted by atomic mass is 9.89. The average Bonchev–Trinajstić information content (AvgIpc) is 3.25. The first kappa shape index (κ1) is 19.8. The van der Waals surface area contributed by atoms with Gasteiger partial charge in [0.15, 0.2) is 0 Å². The maximum absolute atomic E-state index is 12.7. The molecule has 3 amide bonds. The van der Waals surface area contributed by atoms with E-state index in [9.17, 15) is 9.59 Å². The fraction of sp³-hybridized carbons (Fsp3) is 0.696. The van der Waals surface area contributed by atoms with E-state index in [2.05, 4.69) is 15.2 Å². The monoisotopic (exact) mass is 412 g/mol. The number of amides is 3. The molecule has 1 unspecified atom stereocenters. The molecular weight excluding hydrogens is 380 g/mol. The molecule has 7 nitrogen and oxygen atoms in total. The van der Waals surface area contributed by atoms with Crippen molar-refractivity contribution in [3.8, 4) is 0 Å². The van der Waals surface area contributed by atoms with E-state index in [1.165, 1.54) is 12.0 Å². The normalized spacial score (nSPS) is 25.3. The molecule has 1 aliphatic carbocycles. The first-order valence-electron chi connectivity index (χ1n) is 11.4. The van der Waals surface area contributed by atoms with Crippen molar-refractivity contribution in [3.63, 3.8) is 0 Å². The fourth-order valence-electron chi connectivity index (χ4n) is 5.55. The van der Waals surface area contributed by atoms with Gasteiger partial charge in [0.25, 0.3) is 0 Å². The van der Waals surface area contributed by atoms with Crippen LogP contribution in [0.1, 0.15) is 49.7 Å². The van der Waals surface area contributed by atoms with Gasteiger partial charge in [0.05, 0.1) is 0 Å². The summed E-state index contributed by atoms with van der Waals surface area (Å²) in [4.78, 5) is 33.3. The van der Waals surface area contributed by atoms with Gasteiger partial charge in [-0.15, -0.1) is 0 Å². The molecular formula is C23H32N4O3. The van der Waals surface area contributed by atoms with Gasteiger partial charge in [-0.05, 0) is 66.5 Å². The lowest BCUT2D eigenvalue weighted by molar-refractivity contribution is -0.134. The van der Waals surface area contributed by atoms with Crippen LogP contribution in [0.4, 0.5) is 4.79 Å². The van der Waals surface area contributed by atoms with Gasteiger partial charge in [0.2, 0.25) is 5.91 Å². The Kier molecular flexibility index (Phi) is 5.39. The lowest BCUT2D eigenvalue weighted by Gasteiger charge is -2.34. The number of aromatic nitrogens is 1. The molecule has 2 saturated heterocycles. The summed E-state index contributed by atoms with van der Waals surface area (Å²) < 4.78 is 5.40. The third-order valence-corrected chi connectivity index (χ3v) is 7.79. The molecule has 5 rings (SSSR count). The first-order valence-corrected chi connectivity index (χ1v) is 11.4. The minimum atomic E-state index is 0.0253. The van der Waals surface area contributed by atoms with Gasteiger partial charge in [0.1, 0.15) is 0 Å². The second kappa shape index (κ2) is 8.17. The molecule has 0 radical (unpaired) electrons. The molecule has 3 aliphatic heterocycles. The van der Waals surface area contributed by atoms with E-state index >= 15 is 0 Å². The maximum Gasteiger partial charge on any atom is 0.318 e. The largest absolute Gasteiger partial charge is 0.381 e. The molecule has 0 aromatic carbocycles. The number of rotatable bonds is 4. The minimum absolute atomic E-state index is 0.0253. The highest BCUT2D eigenvalue weighted by Gasteiger charge is 2.54. The van der Waals surface area contributed by atoms with Gasteiger partial charge in [-0.1, -0.05) is 0 Å². The second-order valence-electron chi connectivity index (χ2n) is 9.59. The van der Waals surface area contributed by atoms with Crippen molar-refractivity contribution < 1.29 is 14.3 Å². The molecule has 4 heterocycles. The molecule has 7 heteroatoms. The Hall–Kier alpha value is -2.15. The van der Waals surface area contributed by atoms with Crippen LogP contribution in [0, 0.1) is 17.3 Å². The van der Waals surface area contributed by atoms with Crippen LogP contribution in [-0.4, -0.2) is 59.6 Å². The van der Waals surface area contributed by atoms with E-state index in [0.717, 1.165) is 64.1 Å². The summed E-state index contributed by atoms with van der Waals surface area (Å²) in [5.41, 5.74) is 2.69. The van der Waals surface area contributed by atoms with Crippen molar-refractivity contribution in [3.05, 3.63) is 29.6 Å². The van der Waals surface area contributed by atoms with E-state index in [1.54, 1.807) is 6.20 Å². The number of piperidine rings is 1. The molecule has 3 fully saturated rings. The van der Waals surface area contributed by atoms with Crippen LogP contribution in [0.25, 0.3) is 0 Å². The Morgan fingerprint density at radius 3 is 2.67 bits per heavy atom. The summed E-state index contributed by atoms with van der Waals surface area (Å²) in [5, 5.41) is 3.16. The first-order chi connectivity index (χ1) is 14.6. The fourth-order valence-corrected chi connectivity index (χ4v) is 5.55. The second-order valence-corrected chi connectivity index (χ2v) is 9.59. The summed E-state index contributed by atoms with van der Waals surface area (Å²) in [6, 6.07) is 2.02. The number of pyridine rings is 1. The molecule has 1 spiro atoms. The number of nitrogens with one attached hydrogen (secondary N) is 1. The van der Waals surface area contributed by atoms with Crippen molar-refractivity contribution in [2.24, 2.45) is 17.3 Å². The van der Waals surface area contributed by atoms with Gasteiger partial charge < -0.3 is 19.9 Å². The third kappa shape index (κ3) is 4.04. The topological polar surface area (TPSA) is 74.8 Å². The van der Waals surface area contributed by atoms with Crippen molar-refractivity contribution in [1.82, 2.24) is 20.1 Å². The summed E-state index contributed by atoms with van der Waals surface area (Å²) in [5.74, 6) is 1.38. The standard InChI is InChI=1S/C23H32N4O3/c28-21(11-17-2-9-30-10-3-17)26-7-4-23(5-8-26)12-20(23)14-25-22(29)27-15-18-1-6-24-13-19(18)16-27/h1,6,13,17,20H,2-5,7-12,14-16H2,(H,25,29). The molecule has 4 aliphatic rings. The van der Waals surface area contributed by atoms with Crippen LogP contribution < -0.4 is 5.32 Å². The number of hydrogen-bond acceptors (Lipinski definition) is 4. The van der Waals surface area contributed by atoms with Crippen LogP contribution in [0.2, 0.25) is 0 Å². The van der Waals surface area contributed by atoms with Gasteiger partial charge in [-0.2, -0.15) is 0 Å². The van der Waals surface area contributed by atoms with Crippen molar-refractivity contribution in [2.75, 3.05) is 32.8 Å². The molecule has 1 aromatic rings. The van der Waals surface area contributed by atoms with Gasteiger partial charge in [0, 0.05) is 64.8 Å². The zero-order valence-electron chi connectivity index (χ0n) is 17.6. The highest BCUT2D eigenvalue weighted by Crippen LogP contribution is 2.59. The molecule has 30 heavy (non-hydrogen) atoms. The Morgan fingerprint density at radius 2 is 1.90 bits per heavy atom. The van der Waals surface area contributed by atoms with Crippen LogP contribution in [0.5, 0.6) is 0 Å². The van der Waals surface area contributed by atoms with Gasteiger partial charge in [-0.3, -0.25) is 9.78 Å². The number of carbonyl (C=O) groups excluding carboxylic acids is 2. The van der Waals surface area contributed by atoms with Crippen LogP contribution in [-0.2, 0) is 22.6 Å². The Morgan fingerprint density at radius 1 is 1.13 bits per heavy atom. The number of fused-ring (bicyclic) bond motifs is 1. The highest BCUT2D eigenvalue weighted by molar-refractivity contribution is 5.76. The molecule has 1 N–H and O–H groups in total. The summed E-state index contributed by atoms with van der Waals surface area (Å²) in [6.07, 6.45) is 9.70. The number of urea groups is 1. The number of likely N-dealkylation sites (tertiary alicyclic amines) is 1. The van der Waals surface area contributed by atoms with E-state index in [-0.39, 0.29) is 6.03 Å². The lowest BCUT2D eigenvalue weighted by Crippen LogP contribution is -2.42. The number of hydrogen-bond donors (Lipinski definition) is 1. The zero-order valence-corrected chi connectivity index (χ0v) is 17.6. The van der Waals surface area contributed by atoms with Crippen LogP contribution in [0.15, 0.2) is 18.5 Å². The van der Waals surface area contributed by atoms with E-state index < -0.39 is 0 Å². The van der Waals surface area contributed by atoms with E-state index in [0.29, 0.717) is 42.7 Å². The maximum atomic E-state index is 12.7. The molecule has 1 atom stereocenters. The average molecular weight is 413 g/mol. The van der Waals surface area contributed by atoms with Crippen molar-refractivity contribution in [2.45, 2.75) is 51.6 Å². The SMILES string of the molecule is O=C(CC1CCOCC1)N1CCC2(CC1)CC2CNC(=O)N1Cc2ccncc2C1. The van der Waals surface area contributed by atoms with Crippen molar-refractivity contribution >= 4 is 11.9 Å². The number of nitrogens with zero attached hydrogens (tertiary/aromatic N) is 3. The number of ether oxygens (including phenoxy) is 1. The summed E-state index contributed by atoms with van der Waals surface area (Å²) >= 11 is 0. The zero-order chi connectivity index (χ0) is 20.6. The van der Waals surface area contributed by atoms with Gasteiger partial charge >= 0.3 is 6.03 Å². The Bertz CT molecular complexity index is 774. The molecule has 0 bridgehead atoms. The summed E-state index contributed by atoms with van der Waals surface area (Å²) in [7, 11) is 0. The quantitative estimate of drug-likeness (QED) is 0.825. The third-order valence-electron chi connectivity index (χ3n) is 7.79. The van der Waals surface area contributed by atoms with Crippen molar-refractivity contribution in [1.29, 1.82) is 0 Å². The van der Waals surface area contributed by atoms with Crippen LogP contribution in [0.3, 0.4) is 0 Å².